The number of aromatic nitrogens is 4. The van der Waals surface area contributed by atoms with Crippen LogP contribution in [0.4, 0.5) is 13.2 Å². The lowest BCUT2D eigenvalue weighted by atomic mass is 9.87. The Bertz CT molecular complexity index is 1190. The lowest BCUT2D eigenvalue weighted by Gasteiger charge is -2.41. The molecular formula is C23H24F3N5O2. The molecule has 2 atom stereocenters. The summed E-state index contributed by atoms with van der Waals surface area (Å²) < 4.78 is 48.2. The molecule has 0 radical (unpaired) electrons. The van der Waals surface area contributed by atoms with Gasteiger partial charge in [-0.25, -0.2) is 23.1 Å². The average Bonchev–Trinajstić information content (AvgIpc) is 3.15. The Balaban J connectivity index is 1.82. The molecule has 1 aliphatic rings. The van der Waals surface area contributed by atoms with E-state index in [1.165, 1.54) is 24.2 Å². The molecule has 0 N–H and O–H groups in total. The van der Waals surface area contributed by atoms with Gasteiger partial charge in [0.05, 0.1) is 24.5 Å². The number of halogens is 3. The third-order valence-electron chi connectivity index (χ3n) is 6.08. The highest BCUT2D eigenvalue weighted by molar-refractivity contribution is 5.93. The molecule has 2 unspecified atom stereocenters. The first-order chi connectivity index (χ1) is 15.8. The number of hydrogen-bond donors (Lipinski definition) is 0. The summed E-state index contributed by atoms with van der Waals surface area (Å²) in [5.41, 5.74) is 2.37. The molecule has 10 heteroatoms. The molecule has 0 spiro atoms. The molecule has 1 aliphatic heterocycles. The number of rotatable bonds is 5. The molecule has 0 saturated carbocycles. The van der Waals surface area contributed by atoms with Crippen LogP contribution in [0.2, 0.25) is 0 Å². The zero-order chi connectivity index (χ0) is 23.9. The Morgan fingerprint density at radius 1 is 1.12 bits per heavy atom. The second kappa shape index (κ2) is 8.84. The number of aryl methyl sites for hydroxylation is 1. The number of methoxy groups -OCH3 is 1. The van der Waals surface area contributed by atoms with Crippen LogP contribution in [0.25, 0.3) is 11.3 Å². The predicted molar refractivity (Wildman–Crippen MR) is 114 cm³/mol. The van der Waals surface area contributed by atoms with Crippen molar-refractivity contribution in [3.63, 3.8) is 0 Å². The molecule has 174 valence electrons. The van der Waals surface area contributed by atoms with Gasteiger partial charge in [-0.2, -0.15) is 5.10 Å². The predicted octanol–water partition coefficient (Wildman–Crippen LogP) is 4.23. The third kappa shape index (κ3) is 3.83. The zero-order valence-corrected chi connectivity index (χ0v) is 18.8. The number of carbonyl (C=O) groups is 1. The Labute approximate surface area is 189 Å². The fourth-order valence-electron chi connectivity index (χ4n) is 4.57. The third-order valence-corrected chi connectivity index (χ3v) is 6.08. The van der Waals surface area contributed by atoms with E-state index in [1.54, 1.807) is 11.9 Å². The normalized spacial score (nSPS) is 17.7. The Morgan fingerprint density at radius 3 is 2.42 bits per heavy atom. The van der Waals surface area contributed by atoms with E-state index >= 15 is 0 Å². The molecule has 3 aromatic rings. The van der Waals surface area contributed by atoms with Gasteiger partial charge >= 0.3 is 0 Å². The SMILES string of the molecule is CCC1Cc2c(nn(C)c2-c2cc(F)c(F)c(F)c2)C(CC)N1C(=O)c1cc(OC)ncn1. The molecule has 3 heterocycles. The number of fused-ring (bicyclic) bond motifs is 1. The van der Waals surface area contributed by atoms with Gasteiger partial charge in [-0.1, -0.05) is 13.8 Å². The lowest BCUT2D eigenvalue weighted by Crippen LogP contribution is -2.47. The molecule has 4 rings (SSSR count). The first-order valence-corrected chi connectivity index (χ1v) is 10.7. The van der Waals surface area contributed by atoms with Gasteiger partial charge in [0.25, 0.3) is 5.91 Å². The van der Waals surface area contributed by atoms with E-state index < -0.39 is 17.5 Å². The van der Waals surface area contributed by atoms with Crippen molar-refractivity contribution in [3.8, 4) is 17.1 Å². The van der Waals surface area contributed by atoms with E-state index in [-0.39, 0.29) is 35.1 Å². The van der Waals surface area contributed by atoms with Gasteiger partial charge in [-0.05, 0) is 31.4 Å². The fraction of sp³-hybridized carbons (Fsp3) is 0.391. The summed E-state index contributed by atoms with van der Waals surface area (Å²) in [6.45, 7) is 3.91. The van der Waals surface area contributed by atoms with Crippen LogP contribution < -0.4 is 4.74 Å². The lowest BCUT2D eigenvalue weighted by molar-refractivity contribution is 0.0506. The van der Waals surface area contributed by atoms with Gasteiger partial charge in [0.1, 0.15) is 12.0 Å². The first kappa shape index (κ1) is 22.8. The maximum atomic E-state index is 14.0. The number of hydrogen-bond acceptors (Lipinski definition) is 5. The smallest absolute Gasteiger partial charge is 0.273 e. The molecule has 1 aromatic carbocycles. The second-order valence-electron chi connectivity index (χ2n) is 7.94. The Kier molecular flexibility index (Phi) is 6.09. The maximum Gasteiger partial charge on any atom is 0.273 e. The molecule has 1 amide bonds. The zero-order valence-electron chi connectivity index (χ0n) is 18.8. The van der Waals surface area contributed by atoms with Crippen LogP contribution in [0.1, 0.15) is 54.5 Å². The van der Waals surface area contributed by atoms with Crippen LogP contribution >= 0.6 is 0 Å². The second-order valence-corrected chi connectivity index (χ2v) is 7.94. The minimum Gasteiger partial charge on any atom is -0.481 e. The summed E-state index contributed by atoms with van der Waals surface area (Å²) in [7, 11) is 3.13. The number of nitrogens with zero attached hydrogens (tertiary/aromatic N) is 5. The van der Waals surface area contributed by atoms with Crippen LogP contribution in [-0.4, -0.2) is 43.7 Å². The fourth-order valence-corrected chi connectivity index (χ4v) is 4.57. The number of ether oxygens (including phenoxy) is 1. The topological polar surface area (TPSA) is 73.1 Å². The van der Waals surface area contributed by atoms with Crippen LogP contribution in [0, 0.1) is 17.5 Å². The highest BCUT2D eigenvalue weighted by Gasteiger charge is 2.40. The highest BCUT2D eigenvalue weighted by Crippen LogP contribution is 2.41. The van der Waals surface area contributed by atoms with Gasteiger partial charge in [-0.15, -0.1) is 0 Å². The van der Waals surface area contributed by atoms with Gasteiger partial charge in [0, 0.05) is 30.3 Å². The van der Waals surface area contributed by atoms with Crippen molar-refractivity contribution in [1.29, 1.82) is 0 Å². The van der Waals surface area contributed by atoms with E-state index in [2.05, 4.69) is 15.1 Å². The summed E-state index contributed by atoms with van der Waals surface area (Å²) in [6.07, 6.45) is 2.92. The van der Waals surface area contributed by atoms with Crippen molar-refractivity contribution in [2.24, 2.45) is 7.05 Å². The van der Waals surface area contributed by atoms with Crippen molar-refractivity contribution in [1.82, 2.24) is 24.6 Å². The largest absolute Gasteiger partial charge is 0.481 e. The van der Waals surface area contributed by atoms with Gasteiger partial charge in [0.15, 0.2) is 17.5 Å². The molecule has 33 heavy (non-hydrogen) atoms. The quantitative estimate of drug-likeness (QED) is 0.534. The highest BCUT2D eigenvalue weighted by atomic mass is 19.2. The van der Waals surface area contributed by atoms with E-state index in [0.29, 0.717) is 30.7 Å². The summed E-state index contributed by atoms with van der Waals surface area (Å²) in [4.78, 5) is 23.4. The Hall–Kier alpha value is -3.43. The van der Waals surface area contributed by atoms with Gasteiger partial charge in [-0.3, -0.25) is 9.48 Å². The molecule has 0 aliphatic carbocycles. The van der Waals surface area contributed by atoms with Crippen molar-refractivity contribution in [2.75, 3.05) is 7.11 Å². The van der Waals surface area contributed by atoms with Crippen LogP contribution in [0.15, 0.2) is 24.5 Å². The van der Waals surface area contributed by atoms with E-state index in [0.717, 1.165) is 17.7 Å². The number of amides is 1. The maximum absolute atomic E-state index is 14.0. The standard InChI is InChI=1S/C23H24F3N5O2/c1-5-13-9-14-21(29-30(3)22(14)12-7-15(24)20(26)16(25)8-12)18(6-2)31(13)23(32)17-10-19(33-4)28-11-27-17/h7-8,10-11,13,18H,5-6,9H2,1-4H3. The molecular weight excluding hydrogens is 435 g/mol. The van der Waals surface area contributed by atoms with Crippen molar-refractivity contribution < 1.29 is 22.7 Å². The summed E-state index contributed by atoms with van der Waals surface area (Å²) in [6, 6.07) is 2.87. The number of carbonyl (C=O) groups excluding carboxylic acids is 1. The minimum atomic E-state index is -1.51. The van der Waals surface area contributed by atoms with Gasteiger partial charge < -0.3 is 9.64 Å². The molecule has 0 fully saturated rings. The molecule has 2 aromatic heterocycles. The average molecular weight is 459 g/mol. The van der Waals surface area contributed by atoms with Crippen molar-refractivity contribution in [2.45, 2.75) is 45.2 Å². The van der Waals surface area contributed by atoms with E-state index in [9.17, 15) is 18.0 Å². The van der Waals surface area contributed by atoms with E-state index in [4.69, 9.17) is 4.74 Å². The summed E-state index contributed by atoms with van der Waals surface area (Å²) in [5.74, 6) is -4.02. The van der Waals surface area contributed by atoms with Crippen molar-refractivity contribution >= 4 is 5.91 Å². The Morgan fingerprint density at radius 2 is 1.82 bits per heavy atom. The van der Waals surface area contributed by atoms with Crippen LogP contribution in [-0.2, 0) is 13.5 Å². The van der Waals surface area contributed by atoms with Gasteiger partial charge in [0.2, 0.25) is 5.88 Å². The number of benzene rings is 1. The summed E-state index contributed by atoms with van der Waals surface area (Å²) in [5, 5.41) is 4.62. The van der Waals surface area contributed by atoms with E-state index in [1.807, 2.05) is 13.8 Å². The monoisotopic (exact) mass is 459 g/mol. The summed E-state index contributed by atoms with van der Waals surface area (Å²) >= 11 is 0. The van der Waals surface area contributed by atoms with Crippen molar-refractivity contribution in [3.05, 3.63) is 58.9 Å². The first-order valence-electron chi connectivity index (χ1n) is 10.7. The molecule has 0 saturated heterocycles. The molecule has 7 nitrogen and oxygen atoms in total. The van der Waals surface area contributed by atoms with Crippen LogP contribution in [0.5, 0.6) is 5.88 Å². The minimum absolute atomic E-state index is 0.200. The van der Waals surface area contributed by atoms with Crippen LogP contribution in [0.3, 0.4) is 0 Å². The molecule has 0 bridgehead atoms.